The first kappa shape index (κ1) is 13.3. The van der Waals surface area contributed by atoms with Gasteiger partial charge in [-0.05, 0) is 19.8 Å². The van der Waals surface area contributed by atoms with Gasteiger partial charge in [0.15, 0.2) is 0 Å². The zero-order valence-electron chi connectivity index (χ0n) is 11.0. The fraction of sp³-hybridized carbons (Fsp3) is 1.00. The van der Waals surface area contributed by atoms with Crippen LogP contribution in [0.15, 0.2) is 0 Å². The fourth-order valence-electron chi connectivity index (χ4n) is 2.62. The Hall–Kier alpha value is -0.160. The maximum Gasteiger partial charge on any atom is 0.0961 e. The molecule has 3 unspecified atom stereocenters. The summed E-state index contributed by atoms with van der Waals surface area (Å²) in [6, 6.07) is 0. The van der Waals surface area contributed by atoms with Gasteiger partial charge in [-0.2, -0.15) is 0 Å². The van der Waals surface area contributed by atoms with Crippen molar-refractivity contribution in [2.24, 2.45) is 5.73 Å². The molecule has 4 nitrogen and oxygen atoms in total. The standard InChI is InChI=1S/C13H25NO3/c1-3-12(2,9-14)17-11-4-6-16-13(8-11)5-7-15-10-13/h11H,3-10,14H2,1-2H3. The van der Waals surface area contributed by atoms with Gasteiger partial charge in [0.25, 0.3) is 0 Å². The topological polar surface area (TPSA) is 53.7 Å². The molecule has 4 heteroatoms. The summed E-state index contributed by atoms with van der Waals surface area (Å²) in [6.45, 7) is 7.11. The van der Waals surface area contributed by atoms with Gasteiger partial charge < -0.3 is 19.9 Å². The lowest BCUT2D eigenvalue weighted by Gasteiger charge is -2.40. The van der Waals surface area contributed by atoms with E-state index in [1.807, 2.05) is 0 Å². The average molecular weight is 243 g/mol. The molecule has 17 heavy (non-hydrogen) atoms. The molecule has 0 aromatic heterocycles. The van der Waals surface area contributed by atoms with E-state index in [-0.39, 0.29) is 17.3 Å². The molecule has 2 rings (SSSR count). The summed E-state index contributed by atoms with van der Waals surface area (Å²) in [5, 5.41) is 0. The molecular weight excluding hydrogens is 218 g/mol. The quantitative estimate of drug-likeness (QED) is 0.812. The first-order chi connectivity index (χ1) is 8.11. The zero-order valence-corrected chi connectivity index (χ0v) is 11.0. The first-order valence-corrected chi connectivity index (χ1v) is 6.71. The van der Waals surface area contributed by atoms with E-state index in [1.165, 1.54) is 0 Å². The summed E-state index contributed by atoms with van der Waals surface area (Å²) in [6.07, 6.45) is 4.13. The van der Waals surface area contributed by atoms with E-state index in [1.54, 1.807) is 0 Å². The van der Waals surface area contributed by atoms with Gasteiger partial charge in [-0.15, -0.1) is 0 Å². The lowest BCUT2D eigenvalue weighted by molar-refractivity contribution is -0.168. The van der Waals surface area contributed by atoms with Crippen molar-refractivity contribution >= 4 is 0 Å². The largest absolute Gasteiger partial charge is 0.378 e. The molecule has 0 aromatic rings. The molecule has 2 saturated heterocycles. The van der Waals surface area contributed by atoms with Crippen LogP contribution in [0.25, 0.3) is 0 Å². The third kappa shape index (κ3) is 2.99. The van der Waals surface area contributed by atoms with E-state index in [2.05, 4.69) is 13.8 Å². The van der Waals surface area contributed by atoms with Gasteiger partial charge in [-0.25, -0.2) is 0 Å². The molecule has 0 saturated carbocycles. The molecule has 0 radical (unpaired) electrons. The Morgan fingerprint density at radius 2 is 2.29 bits per heavy atom. The van der Waals surface area contributed by atoms with Crippen LogP contribution < -0.4 is 5.73 Å². The van der Waals surface area contributed by atoms with Gasteiger partial charge in [-0.3, -0.25) is 0 Å². The molecule has 1 spiro atoms. The minimum absolute atomic E-state index is 0.0772. The molecule has 3 atom stereocenters. The number of hydrogen-bond donors (Lipinski definition) is 1. The molecule has 2 aliphatic rings. The van der Waals surface area contributed by atoms with E-state index in [9.17, 15) is 0 Å². The van der Waals surface area contributed by atoms with Crippen LogP contribution in [0.2, 0.25) is 0 Å². The molecule has 0 amide bonds. The number of ether oxygens (including phenoxy) is 3. The highest BCUT2D eigenvalue weighted by atomic mass is 16.6. The van der Waals surface area contributed by atoms with E-state index < -0.39 is 0 Å². The summed E-state index contributed by atoms with van der Waals surface area (Å²) in [5.74, 6) is 0. The summed E-state index contributed by atoms with van der Waals surface area (Å²) in [5.41, 5.74) is 5.53. The fourth-order valence-corrected chi connectivity index (χ4v) is 2.62. The van der Waals surface area contributed by atoms with Gasteiger partial charge in [-0.1, -0.05) is 6.92 Å². The number of rotatable bonds is 4. The number of nitrogens with two attached hydrogens (primary N) is 1. The predicted molar refractivity (Wildman–Crippen MR) is 66.0 cm³/mol. The first-order valence-electron chi connectivity index (χ1n) is 6.71. The van der Waals surface area contributed by atoms with Crippen LogP contribution >= 0.6 is 0 Å². The van der Waals surface area contributed by atoms with Crippen LogP contribution in [0.1, 0.15) is 39.5 Å². The molecule has 2 heterocycles. The van der Waals surface area contributed by atoms with Crippen LogP contribution in [-0.2, 0) is 14.2 Å². The summed E-state index contributed by atoms with van der Waals surface area (Å²) < 4.78 is 17.6. The molecule has 0 bridgehead atoms. The van der Waals surface area contributed by atoms with Crippen molar-refractivity contribution in [3.8, 4) is 0 Å². The van der Waals surface area contributed by atoms with Crippen molar-refractivity contribution in [3.63, 3.8) is 0 Å². The molecule has 2 N–H and O–H groups in total. The third-order valence-electron chi connectivity index (χ3n) is 4.15. The van der Waals surface area contributed by atoms with E-state index in [4.69, 9.17) is 19.9 Å². The van der Waals surface area contributed by atoms with E-state index >= 15 is 0 Å². The Morgan fingerprint density at radius 1 is 1.47 bits per heavy atom. The van der Waals surface area contributed by atoms with Gasteiger partial charge in [0.05, 0.1) is 23.9 Å². The van der Waals surface area contributed by atoms with E-state index in [0.29, 0.717) is 6.54 Å². The van der Waals surface area contributed by atoms with Gasteiger partial charge >= 0.3 is 0 Å². The summed E-state index contributed by atoms with van der Waals surface area (Å²) >= 11 is 0. The van der Waals surface area contributed by atoms with Crippen LogP contribution in [-0.4, -0.2) is 43.7 Å². The molecule has 0 aromatic carbocycles. The third-order valence-corrected chi connectivity index (χ3v) is 4.15. The highest BCUT2D eigenvalue weighted by Crippen LogP contribution is 2.35. The Kier molecular flexibility index (Phi) is 4.08. The maximum absolute atomic E-state index is 6.20. The average Bonchev–Trinajstić information content (AvgIpc) is 2.77. The molecular formula is C13H25NO3. The van der Waals surface area contributed by atoms with Crippen LogP contribution in [0, 0.1) is 0 Å². The summed E-state index contributed by atoms with van der Waals surface area (Å²) in [7, 11) is 0. The van der Waals surface area contributed by atoms with Crippen molar-refractivity contribution in [1.29, 1.82) is 0 Å². The minimum Gasteiger partial charge on any atom is -0.378 e. The van der Waals surface area contributed by atoms with Gasteiger partial charge in [0, 0.05) is 32.6 Å². The zero-order chi connectivity index (χ0) is 12.4. The SMILES string of the molecule is CCC(C)(CN)OC1CCOC2(CCOC2)C1. The molecule has 2 fully saturated rings. The smallest absolute Gasteiger partial charge is 0.0961 e. The van der Waals surface area contributed by atoms with Crippen LogP contribution in [0.3, 0.4) is 0 Å². The molecule has 2 aliphatic heterocycles. The normalized spacial score (nSPS) is 37.2. The predicted octanol–water partition coefficient (Wildman–Crippen LogP) is 1.47. The monoisotopic (exact) mass is 243 g/mol. The van der Waals surface area contributed by atoms with Crippen LogP contribution in [0.4, 0.5) is 0 Å². The molecule has 100 valence electrons. The Bertz CT molecular complexity index is 245. The maximum atomic E-state index is 6.20. The second kappa shape index (κ2) is 5.22. The Labute approximate surface area is 104 Å². The highest BCUT2D eigenvalue weighted by Gasteiger charge is 2.42. The Morgan fingerprint density at radius 3 is 2.88 bits per heavy atom. The second-order valence-corrected chi connectivity index (χ2v) is 5.57. The van der Waals surface area contributed by atoms with Crippen LogP contribution in [0.5, 0.6) is 0 Å². The lowest BCUT2D eigenvalue weighted by atomic mass is 9.90. The van der Waals surface area contributed by atoms with Crippen molar-refractivity contribution < 1.29 is 14.2 Å². The van der Waals surface area contributed by atoms with Gasteiger partial charge in [0.1, 0.15) is 0 Å². The number of hydrogen-bond acceptors (Lipinski definition) is 4. The van der Waals surface area contributed by atoms with E-state index in [0.717, 1.165) is 45.5 Å². The molecule has 0 aliphatic carbocycles. The highest BCUT2D eigenvalue weighted by molar-refractivity contribution is 4.92. The second-order valence-electron chi connectivity index (χ2n) is 5.57. The van der Waals surface area contributed by atoms with Crippen molar-refractivity contribution in [3.05, 3.63) is 0 Å². The van der Waals surface area contributed by atoms with Crippen molar-refractivity contribution in [1.82, 2.24) is 0 Å². The van der Waals surface area contributed by atoms with Crippen molar-refractivity contribution in [2.75, 3.05) is 26.4 Å². The lowest BCUT2D eigenvalue weighted by Crippen LogP contribution is -2.48. The van der Waals surface area contributed by atoms with Gasteiger partial charge in [0.2, 0.25) is 0 Å². The minimum atomic E-state index is -0.192. The summed E-state index contributed by atoms with van der Waals surface area (Å²) in [4.78, 5) is 0. The van der Waals surface area contributed by atoms with Crippen molar-refractivity contribution in [2.45, 2.75) is 56.8 Å². The Balaban J connectivity index is 1.93.